The number of carboxylic acids is 1. The molecule has 2 N–H and O–H groups in total. The Kier molecular flexibility index (Phi) is 7.45. The number of carboxylic acid groups (broad SMARTS) is 1. The summed E-state index contributed by atoms with van der Waals surface area (Å²) >= 11 is 3.19. The van der Waals surface area contributed by atoms with Crippen LogP contribution in [0, 0.1) is 11.8 Å². The lowest BCUT2D eigenvalue weighted by Crippen LogP contribution is -2.34. The smallest absolute Gasteiger partial charge is 0.475 e. The summed E-state index contributed by atoms with van der Waals surface area (Å²) in [5.74, 6) is -1.92. The van der Waals surface area contributed by atoms with Crippen molar-refractivity contribution in [3.63, 3.8) is 0 Å². The van der Waals surface area contributed by atoms with Gasteiger partial charge in [-0.25, -0.2) is 9.78 Å². The number of carbonyl (C=O) groups is 2. The Morgan fingerprint density at radius 2 is 2.07 bits per heavy atom. The number of likely N-dealkylation sites (tertiary alicyclic amines) is 1. The molecule has 0 unspecified atom stereocenters. The van der Waals surface area contributed by atoms with E-state index in [2.05, 4.69) is 32.0 Å². The summed E-state index contributed by atoms with van der Waals surface area (Å²) in [6.45, 7) is 4.47. The van der Waals surface area contributed by atoms with Crippen LogP contribution in [0.15, 0.2) is 27.7 Å². The monoisotopic (exact) mass is 463 g/mol. The summed E-state index contributed by atoms with van der Waals surface area (Å²) in [7, 11) is 0. The fourth-order valence-corrected chi connectivity index (χ4v) is 4.69. The number of halogens is 3. The SMILES string of the molecule is O=C(NC[C@@H]1CO[C@@H]2CN(Cc3ccsc3)C[C@H]12)c1cscn1.O=C(O)C(F)(F)F. The molecule has 0 aliphatic carbocycles. The van der Waals surface area contributed by atoms with Crippen LogP contribution in [0.5, 0.6) is 0 Å². The molecule has 0 bridgehead atoms. The first-order valence-corrected chi connectivity index (χ1v) is 10.9. The summed E-state index contributed by atoms with van der Waals surface area (Å²) in [6, 6.07) is 2.19. The summed E-state index contributed by atoms with van der Waals surface area (Å²) < 4.78 is 37.7. The molecule has 3 atom stereocenters. The van der Waals surface area contributed by atoms with Crippen molar-refractivity contribution in [3.05, 3.63) is 39.0 Å². The van der Waals surface area contributed by atoms with E-state index in [1.54, 1.807) is 22.2 Å². The molecule has 2 aliphatic rings. The largest absolute Gasteiger partial charge is 0.490 e. The van der Waals surface area contributed by atoms with Crippen LogP contribution in [0.1, 0.15) is 16.1 Å². The van der Waals surface area contributed by atoms with Crippen LogP contribution >= 0.6 is 22.7 Å². The van der Waals surface area contributed by atoms with Crippen molar-refractivity contribution in [1.29, 1.82) is 0 Å². The van der Waals surface area contributed by atoms with Gasteiger partial charge in [-0.15, -0.1) is 11.3 Å². The third-order valence-electron chi connectivity index (χ3n) is 4.93. The predicted molar refractivity (Wildman–Crippen MR) is 104 cm³/mol. The molecule has 0 aromatic carbocycles. The maximum absolute atomic E-state index is 12.0. The van der Waals surface area contributed by atoms with Crippen LogP contribution in [0.3, 0.4) is 0 Å². The number of ether oxygens (including phenoxy) is 1. The van der Waals surface area contributed by atoms with E-state index in [0.717, 1.165) is 26.2 Å². The number of amides is 1. The number of hydrogen-bond acceptors (Lipinski definition) is 7. The summed E-state index contributed by atoms with van der Waals surface area (Å²) in [6.07, 6.45) is -4.77. The molecule has 2 aromatic rings. The van der Waals surface area contributed by atoms with E-state index >= 15 is 0 Å². The maximum atomic E-state index is 12.0. The molecule has 2 saturated heterocycles. The van der Waals surface area contributed by atoms with Gasteiger partial charge in [0.1, 0.15) is 5.69 Å². The average molecular weight is 464 g/mol. The Morgan fingerprint density at radius 1 is 1.30 bits per heavy atom. The highest BCUT2D eigenvalue weighted by Gasteiger charge is 2.43. The Labute approximate surface area is 178 Å². The highest BCUT2D eigenvalue weighted by atomic mass is 32.1. The molecular formula is C18H20F3N3O4S2. The number of aliphatic carboxylic acids is 1. The molecule has 0 radical (unpaired) electrons. The highest BCUT2D eigenvalue weighted by Crippen LogP contribution is 2.34. The molecule has 0 spiro atoms. The molecule has 12 heteroatoms. The molecule has 4 rings (SSSR count). The van der Waals surface area contributed by atoms with Crippen LogP contribution in [0.25, 0.3) is 0 Å². The van der Waals surface area contributed by atoms with Gasteiger partial charge in [0.2, 0.25) is 0 Å². The lowest BCUT2D eigenvalue weighted by Gasteiger charge is -2.19. The Hall–Kier alpha value is -2.02. The zero-order valence-corrected chi connectivity index (χ0v) is 17.3. The van der Waals surface area contributed by atoms with Gasteiger partial charge in [-0.2, -0.15) is 24.5 Å². The van der Waals surface area contributed by atoms with Crippen molar-refractivity contribution in [2.45, 2.75) is 18.8 Å². The van der Waals surface area contributed by atoms with Gasteiger partial charge in [0, 0.05) is 43.4 Å². The van der Waals surface area contributed by atoms with Crippen molar-refractivity contribution >= 4 is 34.6 Å². The van der Waals surface area contributed by atoms with Crippen LogP contribution in [-0.4, -0.2) is 65.4 Å². The van der Waals surface area contributed by atoms with Gasteiger partial charge in [0.25, 0.3) is 5.91 Å². The number of aromatic nitrogens is 1. The van der Waals surface area contributed by atoms with E-state index < -0.39 is 12.1 Å². The van der Waals surface area contributed by atoms with E-state index in [1.807, 2.05) is 0 Å². The van der Waals surface area contributed by atoms with Crippen LogP contribution in [0.4, 0.5) is 13.2 Å². The van der Waals surface area contributed by atoms with Crippen molar-refractivity contribution in [3.8, 4) is 0 Å². The molecule has 4 heterocycles. The first kappa shape index (κ1) is 22.7. The number of thiophene rings is 1. The second-order valence-electron chi connectivity index (χ2n) is 7.01. The molecule has 164 valence electrons. The van der Waals surface area contributed by atoms with Gasteiger partial charge in [0.15, 0.2) is 0 Å². The number of hydrogen-bond donors (Lipinski definition) is 2. The molecule has 2 fully saturated rings. The lowest BCUT2D eigenvalue weighted by atomic mass is 9.93. The van der Waals surface area contributed by atoms with Crippen molar-refractivity contribution in [1.82, 2.24) is 15.2 Å². The lowest BCUT2D eigenvalue weighted by molar-refractivity contribution is -0.192. The minimum Gasteiger partial charge on any atom is -0.475 e. The summed E-state index contributed by atoms with van der Waals surface area (Å²) in [5, 5.41) is 16.2. The van der Waals surface area contributed by atoms with Crippen molar-refractivity contribution < 1.29 is 32.6 Å². The Bertz CT molecular complexity index is 830. The number of alkyl halides is 3. The molecule has 30 heavy (non-hydrogen) atoms. The van der Waals surface area contributed by atoms with E-state index in [-0.39, 0.29) is 5.91 Å². The molecule has 0 saturated carbocycles. The number of fused-ring (bicyclic) bond motifs is 1. The molecular weight excluding hydrogens is 443 g/mol. The second-order valence-corrected chi connectivity index (χ2v) is 8.51. The topological polar surface area (TPSA) is 91.8 Å². The minimum absolute atomic E-state index is 0.0807. The fourth-order valence-electron chi connectivity index (χ4n) is 3.50. The number of carbonyl (C=O) groups excluding carboxylic acids is 1. The molecule has 2 aromatic heterocycles. The molecule has 1 amide bonds. The summed E-state index contributed by atoms with van der Waals surface area (Å²) in [5.41, 5.74) is 3.57. The van der Waals surface area contributed by atoms with Crippen LogP contribution in [0.2, 0.25) is 0 Å². The normalized spacial score (nSPS) is 23.5. The number of nitrogens with zero attached hydrogens (tertiary/aromatic N) is 2. The van der Waals surface area contributed by atoms with Gasteiger partial charge in [-0.1, -0.05) is 0 Å². The third kappa shape index (κ3) is 6.00. The van der Waals surface area contributed by atoms with E-state index in [1.165, 1.54) is 16.9 Å². The van der Waals surface area contributed by atoms with Gasteiger partial charge in [0.05, 0.1) is 18.2 Å². The number of thiazole rings is 1. The zero-order chi connectivity index (χ0) is 21.7. The minimum atomic E-state index is -5.08. The highest BCUT2D eigenvalue weighted by molar-refractivity contribution is 7.08. The van der Waals surface area contributed by atoms with Gasteiger partial charge in [-0.3, -0.25) is 9.69 Å². The first-order valence-electron chi connectivity index (χ1n) is 9.05. The molecule has 2 aliphatic heterocycles. The average Bonchev–Trinajstić information content (AvgIpc) is 3.45. The number of nitrogens with one attached hydrogen (secondary N) is 1. The third-order valence-corrected chi connectivity index (χ3v) is 6.25. The van der Waals surface area contributed by atoms with E-state index in [9.17, 15) is 18.0 Å². The van der Waals surface area contributed by atoms with Gasteiger partial charge >= 0.3 is 12.1 Å². The van der Waals surface area contributed by atoms with Gasteiger partial charge < -0.3 is 15.2 Å². The van der Waals surface area contributed by atoms with Gasteiger partial charge in [-0.05, 0) is 22.4 Å². The molecule has 7 nitrogen and oxygen atoms in total. The maximum Gasteiger partial charge on any atom is 0.490 e. The van der Waals surface area contributed by atoms with Crippen molar-refractivity contribution in [2.75, 3.05) is 26.2 Å². The van der Waals surface area contributed by atoms with Crippen molar-refractivity contribution in [2.24, 2.45) is 11.8 Å². The van der Waals surface area contributed by atoms with Crippen LogP contribution in [-0.2, 0) is 16.1 Å². The Balaban J connectivity index is 0.000000318. The quantitative estimate of drug-likeness (QED) is 0.709. The second kappa shape index (κ2) is 9.86. The predicted octanol–water partition coefficient (Wildman–Crippen LogP) is 2.71. The van der Waals surface area contributed by atoms with Crippen LogP contribution < -0.4 is 5.32 Å². The van der Waals surface area contributed by atoms with E-state index in [0.29, 0.717) is 30.2 Å². The number of rotatable bonds is 5. The standard InChI is InChI=1S/C16H19N3O2S2.C2HF3O2/c20-16(14-9-23-10-18-14)17-3-12-7-21-15-6-19(5-13(12)15)4-11-1-2-22-8-11;3-2(4,5)1(6)7/h1-2,8-10,12-13,15H,3-7H2,(H,17,20);(H,6,7)/t12-,13-,15-;/m1./s1. The first-order chi connectivity index (χ1) is 14.2. The van der Waals surface area contributed by atoms with E-state index in [4.69, 9.17) is 14.6 Å². The summed E-state index contributed by atoms with van der Waals surface area (Å²) in [4.78, 5) is 27.4. The zero-order valence-electron chi connectivity index (χ0n) is 15.7. The Morgan fingerprint density at radius 3 is 2.67 bits per heavy atom. The fraction of sp³-hybridized carbons (Fsp3) is 0.500.